The van der Waals surface area contributed by atoms with E-state index in [1.165, 1.54) is 0 Å². The zero-order valence-electron chi connectivity index (χ0n) is 15.0. The van der Waals surface area contributed by atoms with Gasteiger partial charge in [-0.15, -0.1) is 0 Å². The largest absolute Gasteiger partial charge is 0.356 e. The van der Waals surface area contributed by atoms with Crippen molar-refractivity contribution in [3.63, 3.8) is 0 Å². The SMILES string of the molecule is CCCN(C)C(=O)c1nc(N2CCCC2)c2c(C)cc(C)nc2n1. The van der Waals surface area contributed by atoms with E-state index < -0.39 is 0 Å². The number of aryl methyl sites for hydroxylation is 2. The van der Waals surface area contributed by atoms with Gasteiger partial charge >= 0.3 is 0 Å². The number of pyridine rings is 1. The topological polar surface area (TPSA) is 62.2 Å². The highest BCUT2D eigenvalue weighted by Crippen LogP contribution is 2.29. The van der Waals surface area contributed by atoms with Crippen molar-refractivity contribution in [3.8, 4) is 0 Å². The smallest absolute Gasteiger partial charge is 0.291 e. The van der Waals surface area contributed by atoms with Crippen molar-refractivity contribution in [2.24, 2.45) is 0 Å². The Labute approximate surface area is 142 Å². The number of carbonyl (C=O) groups excluding carboxylic acids is 1. The summed E-state index contributed by atoms with van der Waals surface area (Å²) >= 11 is 0. The van der Waals surface area contributed by atoms with Gasteiger partial charge in [-0.05, 0) is 44.7 Å². The molecule has 0 spiro atoms. The first-order valence-electron chi connectivity index (χ1n) is 8.67. The fraction of sp³-hybridized carbons (Fsp3) is 0.556. The van der Waals surface area contributed by atoms with Crippen LogP contribution in [0.3, 0.4) is 0 Å². The number of amides is 1. The lowest BCUT2D eigenvalue weighted by Gasteiger charge is -2.21. The molecule has 6 heteroatoms. The molecule has 6 nitrogen and oxygen atoms in total. The molecule has 0 bridgehead atoms. The normalized spacial score (nSPS) is 14.4. The van der Waals surface area contributed by atoms with E-state index in [1.54, 1.807) is 11.9 Å². The summed E-state index contributed by atoms with van der Waals surface area (Å²) in [6.45, 7) is 8.70. The van der Waals surface area contributed by atoms with Gasteiger partial charge in [-0.2, -0.15) is 0 Å². The first kappa shape index (κ1) is 16.6. The summed E-state index contributed by atoms with van der Waals surface area (Å²) in [5, 5.41) is 0.970. The summed E-state index contributed by atoms with van der Waals surface area (Å²) in [4.78, 5) is 30.3. The van der Waals surface area contributed by atoms with Gasteiger partial charge in [0.25, 0.3) is 5.91 Å². The number of anilines is 1. The van der Waals surface area contributed by atoms with Gasteiger partial charge < -0.3 is 9.80 Å². The maximum Gasteiger partial charge on any atom is 0.291 e. The second-order valence-electron chi connectivity index (χ2n) is 6.57. The molecule has 1 fully saturated rings. The summed E-state index contributed by atoms with van der Waals surface area (Å²) < 4.78 is 0. The third-order valence-corrected chi connectivity index (χ3v) is 4.48. The molecule has 0 N–H and O–H groups in total. The van der Waals surface area contributed by atoms with Gasteiger partial charge in [0.1, 0.15) is 5.82 Å². The second-order valence-corrected chi connectivity index (χ2v) is 6.57. The van der Waals surface area contributed by atoms with E-state index >= 15 is 0 Å². The van der Waals surface area contributed by atoms with Gasteiger partial charge in [-0.25, -0.2) is 15.0 Å². The molecule has 0 radical (unpaired) electrons. The molecule has 0 aliphatic carbocycles. The molecule has 1 amide bonds. The van der Waals surface area contributed by atoms with E-state index in [-0.39, 0.29) is 11.7 Å². The number of nitrogens with zero attached hydrogens (tertiary/aromatic N) is 5. The van der Waals surface area contributed by atoms with Gasteiger partial charge in [0, 0.05) is 32.4 Å². The Balaban J connectivity index is 2.16. The third kappa shape index (κ3) is 3.05. The molecular formula is C18H25N5O. The number of hydrogen-bond donors (Lipinski definition) is 0. The van der Waals surface area contributed by atoms with Crippen LogP contribution in [0.4, 0.5) is 5.82 Å². The Morgan fingerprint density at radius 1 is 1.21 bits per heavy atom. The van der Waals surface area contributed by atoms with E-state index in [0.717, 1.165) is 54.8 Å². The quantitative estimate of drug-likeness (QED) is 0.864. The molecule has 3 heterocycles. The monoisotopic (exact) mass is 327 g/mol. The lowest BCUT2D eigenvalue weighted by atomic mass is 10.1. The Hall–Kier alpha value is -2.24. The van der Waals surface area contributed by atoms with Gasteiger partial charge in [-0.1, -0.05) is 6.92 Å². The highest BCUT2D eigenvalue weighted by molar-refractivity contribution is 5.96. The standard InChI is InChI=1S/C18H25N5O/c1-5-8-22(4)18(24)16-20-15-14(12(2)11-13(3)19-15)17(21-16)23-9-6-7-10-23/h11H,5-10H2,1-4H3. The van der Waals surface area contributed by atoms with Crippen molar-refractivity contribution < 1.29 is 4.79 Å². The highest BCUT2D eigenvalue weighted by Gasteiger charge is 2.23. The molecule has 24 heavy (non-hydrogen) atoms. The summed E-state index contributed by atoms with van der Waals surface area (Å²) in [6, 6.07) is 2.05. The van der Waals surface area contributed by atoms with E-state index in [1.807, 2.05) is 6.92 Å². The zero-order chi connectivity index (χ0) is 17.3. The van der Waals surface area contributed by atoms with Crippen molar-refractivity contribution in [1.82, 2.24) is 19.9 Å². The van der Waals surface area contributed by atoms with Gasteiger partial charge in [-0.3, -0.25) is 4.79 Å². The number of rotatable bonds is 4. The Morgan fingerprint density at radius 3 is 2.58 bits per heavy atom. The van der Waals surface area contributed by atoms with Crippen molar-refractivity contribution >= 4 is 22.8 Å². The van der Waals surface area contributed by atoms with Crippen LogP contribution in [0.25, 0.3) is 11.0 Å². The van der Waals surface area contributed by atoms with Crippen molar-refractivity contribution in [3.05, 3.63) is 23.1 Å². The Morgan fingerprint density at radius 2 is 1.92 bits per heavy atom. The van der Waals surface area contributed by atoms with E-state index in [9.17, 15) is 4.79 Å². The minimum absolute atomic E-state index is 0.139. The van der Waals surface area contributed by atoms with Gasteiger partial charge in [0.2, 0.25) is 5.82 Å². The van der Waals surface area contributed by atoms with E-state index in [2.05, 4.69) is 39.8 Å². The number of aromatic nitrogens is 3. The molecule has 0 saturated carbocycles. The van der Waals surface area contributed by atoms with Crippen LogP contribution in [0.1, 0.15) is 48.1 Å². The van der Waals surface area contributed by atoms with Crippen LogP contribution >= 0.6 is 0 Å². The fourth-order valence-electron chi connectivity index (χ4n) is 3.32. The molecule has 2 aromatic heterocycles. The Kier molecular flexibility index (Phi) is 4.64. The number of fused-ring (bicyclic) bond motifs is 1. The lowest BCUT2D eigenvalue weighted by molar-refractivity contribution is 0.0783. The fourth-order valence-corrected chi connectivity index (χ4v) is 3.32. The zero-order valence-corrected chi connectivity index (χ0v) is 15.0. The lowest BCUT2D eigenvalue weighted by Crippen LogP contribution is -2.30. The predicted molar refractivity (Wildman–Crippen MR) is 95.5 cm³/mol. The molecular weight excluding hydrogens is 302 g/mol. The summed E-state index contributed by atoms with van der Waals surface area (Å²) in [6.07, 6.45) is 3.22. The minimum atomic E-state index is -0.139. The van der Waals surface area contributed by atoms with Crippen LogP contribution in [0.15, 0.2) is 6.07 Å². The summed E-state index contributed by atoms with van der Waals surface area (Å²) in [5.74, 6) is 0.966. The molecule has 2 aromatic rings. The molecule has 1 aliphatic heterocycles. The first-order chi connectivity index (χ1) is 11.5. The maximum atomic E-state index is 12.7. The average molecular weight is 327 g/mol. The number of carbonyl (C=O) groups is 1. The molecule has 0 atom stereocenters. The van der Waals surface area contributed by atoms with Gasteiger partial charge in [0.15, 0.2) is 5.65 Å². The molecule has 1 saturated heterocycles. The van der Waals surface area contributed by atoms with Crippen LogP contribution in [0.5, 0.6) is 0 Å². The number of hydrogen-bond acceptors (Lipinski definition) is 5. The van der Waals surface area contributed by atoms with Crippen LogP contribution in [-0.2, 0) is 0 Å². The van der Waals surface area contributed by atoms with E-state index in [0.29, 0.717) is 12.2 Å². The van der Waals surface area contributed by atoms with Crippen molar-refractivity contribution in [1.29, 1.82) is 0 Å². The van der Waals surface area contributed by atoms with Crippen molar-refractivity contribution in [2.75, 3.05) is 31.6 Å². The molecule has 0 unspecified atom stereocenters. The highest BCUT2D eigenvalue weighted by atomic mass is 16.2. The van der Waals surface area contributed by atoms with E-state index in [4.69, 9.17) is 0 Å². The molecule has 1 aliphatic rings. The first-order valence-corrected chi connectivity index (χ1v) is 8.67. The molecule has 128 valence electrons. The minimum Gasteiger partial charge on any atom is -0.356 e. The second kappa shape index (κ2) is 6.71. The average Bonchev–Trinajstić information content (AvgIpc) is 3.07. The van der Waals surface area contributed by atoms with Crippen LogP contribution in [-0.4, -0.2) is 52.4 Å². The summed E-state index contributed by atoms with van der Waals surface area (Å²) in [5.41, 5.74) is 2.64. The third-order valence-electron chi connectivity index (χ3n) is 4.48. The molecule has 0 aromatic carbocycles. The van der Waals surface area contributed by atoms with Crippen LogP contribution in [0, 0.1) is 13.8 Å². The van der Waals surface area contributed by atoms with Crippen LogP contribution in [0.2, 0.25) is 0 Å². The predicted octanol–water partition coefficient (Wildman–Crippen LogP) is 2.72. The van der Waals surface area contributed by atoms with Gasteiger partial charge in [0.05, 0.1) is 5.39 Å². The maximum absolute atomic E-state index is 12.7. The van der Waals surface area contributed by atoms with Crippen molar-refractivity contribution in [2.45, 2.75) is 40.0 Å². The summed E-state index contributed by atoms with van der Waals surface area (Å²) in [7, 11) is 1.80. The van der Waals surface area contributed by atoms with Crippen LogP contribution < -0.4 is 4.90 Å². The molecule has 3 rings (SSSR count). The Bertz CT molecular complexity index is 768.